The van der Waals surface area contributed by atoms with E-state index in [-0.39, 0.29) is 0 Å². The van der Waals surface area contributed by atoms with Crippen molar-refractivity contribution in [3.05, 3.63) is 35.4 Å². The lowest BCUT2D eigenvalue weighted by molar-refractivity contribution is 0.0558. The van der Waals surface area contributed by atoms with Gasteiger partial charge in [-0.1, -0.05) is 24.3 Å². The van der Waals surface area contributed by atoms with E-state index in [2.05, 4.69) is 36.5 Å². The van der Waals surface area contributed by atoms with Gasteiger partial charge in [0.15, 0.2) is 0 Å². The van der Waals surface area contributed by atoms with Crippen molar-refractivity contribution >= 4 is 0 Å². The Bertz CT molecular complexity index is 407. The Morgan fingerprint density at radius 1 is 1.16 bits per heavy atom. The Morgan fingerprint density at radius 2 is 1.89 bits per heavy atom. The molecule has 1 saturated carbocycles. The Labute approximate surface area is 116 Å². The van der Waals surface area contributed by atoms with Gasteiger partial charge in [-0.15, -0.1) is 0 Å². The van der Waals surface area contributed by atoms with Gasteiger partial charge in [0.1, 0.15) is 0 Å². The van der Waals surface area contributed by atoms with Crippen molar-refractivity contribution in [1.82, 2.24) is 5.32 Å². The highest BCUT2D eigenvalue weighted by atomic mass is 16.5. The Morgan fingerprint density at radius 3 is 2.63 bits per heavy atom. The molecule has 1 saturated heterocycles. The first-order valence-electron chi connectivity index (χ1n) is 7.73. The Balaban J connectivity index is 1.56. The second kappa shape index (κ2) is 6.06. The van der Waals surface area contributed by atoms with Crippen LogP contribution in [0.25, 0.3) is 0 Å². The molecular formula is C17H25NO. The second-order valence-corrected chi connectivity index (χ2v) is 6.09. The van der Waals surface area contributed by atoms with Crippen LogP contribution in [0, 0.1) is 5.92 Å². The molecule has 1 unspecified atom stereocenters. The summed E-state index contributed by atoms with van der Waals surface area (Å²) in [6.07, 6.45) is 5.18. The van der Waals surface area contributed by atoms with Crippen molar-refractivity contribution < 1.29 is 4.74 Å². The maximum absolute atomic E-state index is 5.44. The van der Waals surface area contributed by atoms with Gasteiger partial charge in [-0.2, -0.15) is 0 Å². The van der Waals surface area contributed by atoms with E-state index >= 15 is 0 Å². The van der Waals surface area contributed by atoms with Crippen LogP contribution in [0.15, 0.2) is 24.3 Å². The summed E-state index contributed by atoms with van der Waals surface area (Å²) in [5, 5.41) is 3.74. The fraction of sp³-hybridized carbons (Fsp3) is 0.647. The lowest BCUT2D eigenvalue weighted by Crippen LogP contribution is -2.36. The quantitative estimate of drug-likeness (QED) is 0.874. The summed E-state index contributed by atoms with van der Waals surface area (Å²) in [4.78, 5) is 0. The monoisotopic (exact) mass is 259 g/mol. The fourth-order valence-electron chi connectivity index (χ4n) is 3.14. The van der Waals surface area contributed by atoms with E-state index in [4.69, 9.17) is 4.74 Å². The van der Waals surface area contributed by atoms with Crippen LogP contribution in [0.2, 0.25) is 0 Å². The number of nitrogens with one attached hydrogen (secondary N) is 1. The second-order valence-electron chi connectivity index (χ2n) is 6.09. The molecule has 104 valence electrons. The Kier molecular flexibility index (Phi) is 4.19. The molecule has 1 heterocycles. The van der Waals surface area contributed by atoms with Crippen LogP contribution in [0.4, 0.5) is 0 Å². The maximum Gasteiger partial charge on any atom is 0.0469 e. The third kappa shape index (κ3) is 3.37. The highest BCUT2D eigenvalue weighted by molar-refractivity contribution is 5.33. The predicted octanol–water partition coefficient (Wildman–Crippen LogP) is 3.47. The third-order valence-electron chi connectivity index (χ3n) is 4.66. The van der Waals surface area contributed by atoms with Gasteiger partial charge in [0.25, 0.3) is 0 Å². The number of benzene rings is 1. The molecule has 2 heteroatoms. The molecule has 1 N–H and O–H groups in total. The molecule has 2 fully saturated rings. The molecule has 1 atom stereocenters. The smallest absolute Gasteiger partial charge is 0.0469 e. The van der Waals surface area contributed by atoms with Crippen LogP contribution in [-0.2, 0) is 11.3 Å². The molecule has 0 aromatic heterocycles. The van der Waals surface area contributed by atoms with Crippen molar-refractivity contribution in [1.29, 1.82) is 0 Å². The molecule has 3 rings (SSSR count). The first kappa shape index (κ1) is 13.1. The van der Waals surface area contributed by atoms with E-state index < -0.39 is 0 Å². The molecule has 1 aliphatic carbocycles. The Hall–Kier alpha value is -0.860. The van der Waals surface area contributed by atoms with E-state index in [0.717, 1.165) is 31.6 Å². The minimum atomic E-state index is 0.594. The van der Waals surface area contributed by atoms with Crippen LogP contribution in [-0.4, -0.2) is 19.3 Å². The van der Waals surface area contributed by atoms with E-state index in [0.29, 0.717) is 6.04 Å². The predicted molar refractivity (Wildman–Crippen MR) is 78.3 cm³/mol. The fourth-order valence-corrected chi connectivity index (χ4v) is 3.14. The van der Waals surface area contributed by atoms with Crippen molar-refractivity contribution in [2.75, 3.05) is 13.2 Å². The van der Waals surface area contributed by atoms with E-state index in [1.54, 1.807) is 5.56 Å². The first-order chi connectivity index (χ1) is 9.34. The summed E-state index contributed by atoms with van der Waals surface area (Å²) in [5.41, 5.74) is 3.08. The van der Waals surface area contributed by atoms with Gasteiger partial charge in [-0.25, -0.2) is 0 Å². The lowest BCUT2D eigenvalue weighted by Gasteiger charge is -2.28. The molecule has 2 nitrogen and oxygen atoms in total. The minimum Gasteiger partial charge on any atom is -0.381 e. The van der Waals surface area contributed by atoms with Gasteiger partial charge in [0.05, 0.1) is 0 Å². The molecule has 1 aliphatic heterocycles. The van der Waals surface area contributed by atoms with Gasteiger partial charge in [-0.05, 0) is 55.6 Å². The summed E-state index contributed by atoms with van der Waals surface area (Å²) < 4.78 is 5.44. The maximum atomic E-state index is 5.44. The van der Waals surface area contributed by atoms with E-state index in [9.17, 15) is 0 Å². The van der Waals surface area contributed by atoms with Crippen LogP contribution in [0.1, 0.15) is 49.7 Å². The van der Waals surface area contributed by atoms with Crippen molar-refractivity contribution in [3.8, 4) is 0 Å². The summed E-state index contributed by atoms with van der Waals surface area (Å²) >= 11 is 0. The molecule has 0 spiro atoms. The standard InChI is InChI=1S/C17H25NO/c1-13(14-8-10-19-11-9-14)18-12-16-4-2-3-5-17(16)15-6-7-15/h2-5,13-15,18H,6-12H2,1H3. The van der Waals surface area contributed by atoms with Crippen molar-refractivity contribution in [2.24, 2.45) is 5.92 Å². The lowest BCUT2D eigenvalue weighted by atomic mass is 9.92. The zero-order valence-electron chi connectivity index (χ0n) is 11.9. The van der Waals surface area contributed by atoms with E-state index in [1.807, 2.05) is 0 Å². The van der Waals surface area contributed by atoms with Gasteiger partial charge in [0.2, 0.25) is 0 Å². The molecule has 2 aliphatic rings. The average Bonchev–Trinajstić information content (AvgIpc) is 3.30. The van der Waals surface area contributed by atoms with Gasteiger partial charge >= 0.3 is 0 Å². The first-order valence-corrected chi connectivity index (χ1v) is 7.73. The third-order valence-corrected chi connectivity index (χ3v) is 4.66. The highest BCUT2D eigenvalue weighted by Crippen LogP contribution is 2.41. The zero-order valence-corrected chi connectivity index (χ0v) is 11.9. The van der Waals surface area contributed by atoms with Gasteiger partial charge in [0, 0.05) is 25.8 Å². The van der Waals surface area contributed by atoms with Crippen LogP contribution >= 0.6 is 0 Å². The van der Waals surface area contributed by atoms with Crippen LogP contribution in [0.5, 0.6) is 0 Å². The number of rotatable bonds is 5. The zero-order chi connectivity index (χ0) is 13.1. The number of ether oxygens (including phenoxy) is 1. The molecule has 0 radical (unpaired) electrons. The summed E-state index contributed by atoms with van der Waals surface area (Å²) in [7, 11) is 0. The van der Waals surface area contributed by atoms with Crippen LogP contribution < -0.4 is 5.32 Å². The largest absolute Gasteiger partial charge is 0.381 e. The summed E-state index contributed by atoms with van der Waals surface area (Å²) in [5.74, 6) is 1.62. The molecular weight excluding hydrogens is 234 g/mol. The number of hydrogen-bond acceptors (Lipinski definition) is 2. The molecule has 19 heavy (non-hydrogen) atoms. The van der Waals surface area contributed by atoms with Gasteiger partial charge < -0.3 is 10.1 Å². The average molecular weight is 259 g/mol. The minimum absolute atomic E-state index is 0.594. The van der Waals surface area contributed by atoms with Crippen molar-refractivity contribution in [3.63, 3.8) is 0 Å². The van der Waals surface area contributed by atoms with Gasteiger partial charge in [-0.3, -0.25) is 0 Å². The molecule has 1 aromatic rings. The molecule has 0 amide bonds. The molecule has 0 bridgehead atoms. The SMILES string of the molecule is CC(NCc1ccccc1C1CC1)C1CCOCC1. The highest BCUT2D eigenvalue weighted by Gasteiger charge is 2.26. The molecule has 1 aromatic carbocycles. The van der Waals surface area contributed by atoms with Crippen molar-refractivity contribution in [2.45, 2.75) is 51.1 Å². The summed E-state index contributed by atoms with van der Waals surface area (Å²) in [6, 6.07) is 9.54. The summed E-state index contributed by atoms with van der Waals surface area (Å²) in [6.45, 7) is 5.23. The van der Waals surface area contributed by atoms with E-state index in [1.165, 1.54) is 31.2 Å². The normalized spacial score (nSPS) is 22.4. The topological polar surface area (TPSA) is 21.3 Å². The van der Waals surface area contributed by atoms with Crippen LogP contribution in [0.3, 0.4) is 0 Å². The number of hydrogen-bond donors (Lipinski definition) is 1.